The van der Waals surface area contributed by atoms with Crippen molar-refractivity contribution in [1.82, 2.24) is 14.8 Å². The van der Waals surface area contributed by atoms with Crippen LogP contribution in [0.25, 0.3) is 22.5 Å². The summed E-state index contributed by atoms with van der Waals surface area (Å²) < 4.78 is 55.5. The Morgan fingerprint density at radius 3 is 2.50 bits per heavy atom. The number of carbonyl (C=O) groups excluding carboxylic acids is 1. The Hall–Kier alpha value is -4.02. The third kappa shape index (κ3) is 5.00. The predicted molar refractivity (Wildman–Crippen MR) is 142 cm³/mol. The van der Waals surface area contributed by atoms with Gasteiger partial charge in [0.05, 0.1) is 24.8 Å². The first-order chi connectivity index (χ1) is 19.3. The van der Waals surface area contributed by atoms with E-state index in [1.807, 2.05) is 48.0 Å². The van der Waals surface area contributed by atoms with Gasteiger partial charge >= 0.3 is 6.18 Å². The molecule has 3 heterocycles. The van der Waals surface area contributed by atoms with Crippen molar-refractivity contribution in [3.8, 4) is 22.5 Å². The van der Waals surface area contributed by atoms with E-state index in [1.54, 1.807) is 24.5 Å². The molecule has 2 aliphatic heterocycles. The molecule has 206 valence electrons. The lowest BCUT2D eigenvalue weighted by Gasteiger charge is -2.22. The standard InChI is InChI=1S/C30H27F3N4O3/c1-36-18-34-35-28(36)24-8-3-2-7-23(24)20-5-4-6-21(15-20)37-16-26-25(29(37)38)13-19(14-27(26)30(31,32)33)17-40-22-9-11-39-12-10-22/h2-8,13-15,18,22H,9-12,16-17H2,1H3. The van der Waals surface area contributed by atoms with E-state index in [0.29, 0.717) is 43.1 Å². The normalized spacial score (nSPS) is 16.0. The second kappa shape index (κ2) is 10.5. The molecule has 1 saturated heterocycles. The molecule has 0 unspecified atom stereocenters. The molecule has 1 aromatic heterocycles. The van der Waals surface area contributed by atoms with Crippen LogP contribution < -0.4 is 4.90 Å². The number of nitrogens with zero attached hydrogens (tertiary/aromatic N) is 4. The summed E-state index contributed by atoms with van der Waals surface area (Å²) in [6, 6.07) is 17.6. The molecule has 6 rings (SSSR count). The fraction of sp³-hybridized carbons (Fsp3) is 0.300. The SMILES string of the molecule is Cn1cnnc1-c1ccccc1-c1cccc(N2Cc3c(cc(COC4CCOCC4)cc3C(F)(F)F)C2=O)c1. The van der Waals surface area contributed by atoms with Gasteiger partial charge in [0.25, 0.3) is 5.91 Å². The molecule has 3 aromatic carbocycles. The summed E-state index contributed by atoms with van der Waals surface area (Å²) in [4.78, 5) is 15.0. The number of alkyl halides is 3. The van der Waals surface area contributed by atoms with Crippen LogP contribution in [0.3, 0.4) is 0 Å². The lowest BCUT2D eigenvalue weighted by atomic mass is 9.98. The Balaban J connectivity index is 1.32. The van der Waals surface area contributed by atoms with Crippen LogP contribution in [0.5, 0.6) is 0 Å². The smallest absolute Gasteiger partial charge is 0.381 e. The van der Waals surface area contributed by atoms with Gasteiger partial charge in [-0.15, -0.1) is 10.2 Å². The summed E-state index contributed by atoms with van der Waals surface area (Å²) in [5, 5.41) is 8.20. The molecule has 0 aliphatic carbocycles. The molecule has 0 saturated carbocycles. The molecule has 0 N–H and O–H groups in total. The van der Waals surface area contributed by atoms with Crippen LogP contribution in [0, 0.1) is 0 Å². The molecule has 2 aliphatic rings. The molecular formula is C30H27F3N4O3. The molecule has 40 heavy (non-hydrogen) atoms. The average Bonchev–Trinajstić information content (AvgIpc) is 3.54. The maximum Gasteiger partial charge on any atom is 0.416 e. The van der Waals surface area contributed by atoms with Crippen LogP contribution in [0.2, 0.25) is 0 Å². The molecule has 0 spiro atoms. The number of halogens is 3. The molecule has 0 atom stereocenters. The highest BCUT2D eigenvalue weighted by atomic mass is 19.4. The third-order valence-corrected chi connectivity index (χ3v) is 7.41. The van der Waals surface area contributed by atoms with Gasteiger partial charge in [0.15, 0.2) is 5.82 Å². The average molecular weight is 549 g/mol. The van der Waals surface area contributed by atoms with Gasteiger partial charge < -0.3 is 18.9 Å². The van der Waals surface area contributed by atoms with E-state index < -0.39 is 17.6 Å². The highest BCUT2D eigenvalue weighted by Crippen LogP contribution is 2.41. The van der Waals surface area contributed by atoms with E-state index >= 15 is 0 Å². The number of rotatable bonds is 6. The Morgan fingerprint density at radius 1 is 1.00 bits per heavy atom. The summed E-state index contributed by atoms with van der Waals surface area (Å²) in [5.74, 6) is 0.211. The number of hydrogen-bond donors (Lipinski definition) is 0. The lowest BCUT2D eigenvalue weighted by Crippen LogP contribution is -2.23. The van der Waals surface area contributed by atoms with Gasteiger partial charge in [-0.05, 0) is 59.4 Å². The van der Waals surface area contributed by atoms with Gasteiger partial charge in [-0.2, -0.15) is 13.2 Å². The molecule has 1 amide bonds. The van der Waals surface area contributed by atoms with Crippen LogP contribution in [-0.2, 0) is 35.8 Å². The van der Waals surface area contributed by atoms with Crippen molar-refractivity contribution >= 4 is 11.6 Å². The van der Waals surface area contributed by atoms with Crippen molar-refractivity contribution in [2.24, 2.45) is 7.05 Å². The molecule has 7 nitrogen and oxygen atoms in total. The van der Waals surface area contributed by atoms with Crippen LogP contribution in [-0.4, -0.2) is 40.0 Å². The van der Waals surface area contributed by atoms with E-state index in [9.17, 15) is 18.0 Å². The van der Waals surface area contributed by atoms with Crippen LogP contribution in [0.1, 0.15) is 39.9 Å². The number of anilines is 1. The van der Waals surface area contributed by atoms with Crippen LogP contribution >= 0.6 is 0 Å². The molecule has 0 radical (unpaired) electrons. The Bertz CT molecular complexity index is 1560. The summed E-state index contributed by atoms with van der Waals surface area (Å²) >= 11 is 0. The summed E-state index contributed by atoms with van der Waals surface area (Å²) in [6.45, 7) is 0.970. The zero-order valence-electron chi connectivity index (χ0n) is 21.8. The van der Waals surface area contributed by atoms with Crippen LogP contribution in [0.15, 0.2) is 67.0 Å². The van der Waals surface area contributed by atoms with Crippen molar-refractivity contribution in [3.63, 3.8) is 0 Å². The molecule has 4 aromatic rings. The zero-order valence-corrected chi connectivity index (χ0v) is 21.8. The molecule has 0 bridgehead atoms. The van der Waals surface area contributed by atoms with E-state index in [4.69, 9.17) is 9.47 Å². The van der Waals surface area contributed by atoms with Gasteiger partial charge in [-0.3, -0.25) is 4.79 Å². The minimum Gasteiger partial charge on any atom is -0.381 e. The van der Waals surface area contributed by atoms with Crippen molar-refractivity contribution in [3.05, 3.63) is 89.2 Å². The van der Waals surface area contributed by atoms with Crippen molar-refractivity contribution in [1.29, 1.82) is 0 Å². The second-order valence-corrected chi connectivity index (χ2v) is 10.0. The number of hydrogen-bond acceptors (Lipinski definition) is 5. The number of benzene rings is 3. The fourth-order valence-electron chi connectivity index (χ4n) is 5.37. The maximum atomic E-state index is 14.2. The third-order valence-electron chi connectivity index (χ3n) is 7.41. The second-order valence-electron chi connectivity index (χ2n) is 10.0. The fourth-order valence-corrected chi connectivity index (χ4v) is 5.37. The lowest BCUT2D eigenvalue weighted by molar-refractivity contribution is -0.138. The first-order valence-corrected chi connectivity index (χ1v) is 13.1. The molecular weight excluding hydrogens is 521 g/mol. The van der Waals surface area contributed by atoms with E-state index in [-0.39, 0.29) is 30.4 Å². The molecule has 1 fully saturated rings. The quantitative estimate of drug-likeness (QED) is 0.295. The number of aromatic nitrogens is 3. The summed E-state index contributed by atoms with van der Waals surface area (Å²) in [6.07, 6.45) is -1.68. The Kier molecular flexibility index (Phi) is 6.89. The highest BCUT2D eigenvalue weighted by Gasteiger charge is 2.40. The minimum absolute atomic E-state index is 0.00260. The Labute approximate surface area is 229 Å². The number of ether oxygens (including phenoxy) is 2. The van der Waals surface area contributed by atoms with E-state index in [2.05, 4.69) is 10.2 Å². The first-order valence-electron chi connectivity index (χ1n) is 13.1. The van der Waals surface area contributed by atoms with Crippen LogP contribution in [0.4, 0.5) is 18.9 Å². The van der Waals surface area contributed by atoms with Gasteiger partial charge in [-0.1, -0.05) is 36.4 Å². The van der Waals surface area contributed by atoms with Gasteiger partial charge in [0, 0.05) is 37.1 Å². The predicted octanol–water partition coefficient (Wildman–Crippen LogP) is 6.02. The topological polar surface area (TPSA) is 69.5 Å². The minimum atomic E-state index is -4.61. The van der Waals surface area contributed by atoms with Crippen molar-refractivity contribution in [2.75, 3.05) is 18.1 Å². The summed E-state index contributed by atoms with van der Waals surface area (Å²) in [5.41, 5.74) is 2.62. The van der Waals surface area contributed by atoms with Crippen molar-refractivity contribution in [2.45, 2.75) is 38.3 Å². The zero-order chi connectivity index (χ0) is 27.9. The van der Waals surface area contributed by atoms with E-state index in [1.165, 1.54) is 4.90 Å². The van der Waals surface area contributed by atoms with E-state index in [0.717, 1.165) is 22.8 Å². The number of carbonyl (C=O) groups is 1. The van der Waals surface area contributed by atoms with Crippen molar-refractivity contribution < 1.29 is 27.4 Å². The highest BCUT2D eigenvalue weighted by molar-refractivity contribution is 6.10. The van der Waals surface area contributed by atoms with Gasteiger partial charge in [0.2, 0.25) is 0 Å². The number of amides is 1. The largest absolute Gasteiger partial charge is 0.416 e. The summed E-state index contributed by atoms with van der Waals surface area (Å²) in [7, 11) is 1.85. The molecule has 10 heteroatoms. The first kappa shape index (κ1) is 26.2. The number of aryl methyl sites for hydroxylation is 1. The van der Waals surface area contributed by atoms with Gasteiger partial charge in [-0.25, -0.2) is 0 Å². The monoisotopic (exact) mass is 548 g/mol. The van der Waals surface area contributed by atoms with Gasteiger partial charge in [0.1, 0.15) is 6.33 Å². The maximum absolute atomic E-state index is 14.2. The Morgan fingerprint density at radius 2 is 1.77 bits per heavy atom. The number of fused-ring (bicyclic) bond motifs is 1.